The highest BCUT2D eigenvalue weighted by Crippen LogP contribution is 2.30. The molecule has 2 aromatic rings. The number of halogens is 1. The maximum Gasteiger partial charge on any atom is 0.108 e. The SMILES string of the molecule is C[C@@H](O)c1cccnc1Sc1ccc(Cl)cn1. The van der Waals surface area contributed by atoms with Gasteiger partial charge in [-0.05, 0) is 36.9 Å². The minimum Gasteiger partial charge on any atom is -0.389 e. The van der Waals surface area contributed by atoms with E-state index in [1.807, 2.05) is 12.1 Å². The van der Waals surface area contributed by atoms with Gasteiger partial charge in [0.2, 0.25) is 0 Å². The third-order valence-corrected chi connectivity index (χ3v) is 3.36. The minimum absolute atomic E-state index is 0.543. The summed E-state index contributed by atoms with van der Waals surface area (Å²) in [5.41, 5.74) is 0.800. The number of pyridine rings is 2. The van der Waals surface area contributed by atoms with Gasteiger partial charge in [0.1, 0.15) is 10.1 Å². The highest BCUT2D eigenvalue weighted by Gasteiger charge is 2.10. The van der Waals surface area contributed by atoms with Crippen molar-refractivity contribution in [2.45, 2.75) is 23.1 Å². The van der Waals surface area contributed by atoms with E-state index in [1.54, 1.807) is 31.5 Å². The van der Waals surface area contributed by atoms with E-state index in [-0.39, 0.29) is 0 Å². The fourth-order valence-corrected chi connectivity index (χ4v) is 2.35. The van der Waals surface area contributed by atoms with Gasteiger partial charge in [-0.25, -0.2) is 9.97 Å². The lowest BCUT2D eigenvalue weighted by Crippen LogP contribution is -1.96. The Hall–Kier alpha value is -1.10. The first-order chi connectivity index (χ1) is 8.16. The zero-order valence-electron chi connectivity index (χ0n) is 9.17. The summed E-state index contributed by atoms with van der Waals surface area (Å²) in [7, 11) is 0. The third-order valence-electron chi connectivity index (χ3n) is 2.15. The lowest BCUT2D eigenvalue weighted by molar-refractivity contribution is 0.195. The maximum atomic E-state index is 9.63. The number of aliphatic hydroxyl groups is 1. The van der Waals surface area contributed by atoms with E-state index in [0.29, 0.717) is 5.02 Å². The van der Waals surface area contributed by atoms with E-state index < -0.39 is 6.10 Å². The summed E-state index contributed by atoms with van der Waals surface area (Å²) in [6, 6.07) is 7.27. The molecule has 2 heterocycles. The van der Waals surface area contributed by atoms with Crippen LogP contribution in [0.5, 0.6) is 0 Å². The molecule has 88 valence electrons. The van der Waals surface area contributed by atoms with Gasteiger partial charge < -0.3 is 5.11 Å². The molecule has 17 heavy (non-hydrogen) atoms. The quantitative estimate of drug-likeness (QED) is 0.926. The topological polar surface area (TPSA) is 46.0 Å². The fourth-order valence-electron chi connectivity index (χ4n) is 1.33. The summed E-state index contributed by atoms with van der Waals surface area (Å²) in [6.07, 6.45) is 2.75. The van der Waals surface area contributed by atoms with E-state index in [1.165, 1.54) is 11.8 Å². The Morgan fingerprint density at radius 1 is 1.29 bits per heavy atom. The van der Waals surface area contributed by atoms with Crippen LogP contribution in [0, 0.1) is 0 Å². The number of rotatable bonds is 3. The molecule has 0 aliphatic heterocycles. The van der Waals surface area contributed by atoms with E-state index >= 15 is 0 Å². The standard InChI is InChI=1S/C12H11ClN2OS/c1-8(16)10-3-2-6-14-12(10)17-11-5-4-9(13)7-15-11/h2-8,16H,1H3/t8-/m1/s1. The summed E-state index contributed by atoms with van der Waals surface area (Å²) in [5, 5.41) is 11.8. The Kier molecular flexibility index (Phi) is 3.99. The molecular formula is C12H11ClN2OS. The Bertz CT molecular complexity index is 502. The number of hydrogen-bond donors (Lipinski definition) is 1. The molecule has 0 unspecified atom stereocenters. The zero-order valence-corrected chi connectivity index (χ0v) is 10.7. The predicted octanol–water partition coefficient (Wildman–Crippen LogP) is 3.33. The monoisotopic (exact) mass is 266 g/mol. The Morgan fingerprint density at radius 2 is 2.12 bits per heavy atom. The van der Waals surface area contributed by atoms with Gasteiger partial charge in [0, 0.05) is 18.0 Å². The van der Waals surface area contributed by atoms with Crippen molar-refractivity contribution in [3.8, 4) is 0 Å². The van der Waals surface area contributed by atoms with Gasteiger partial charge in [-0.15, -0.1) is 0 Å². The van der Waals surface area contributed by atoms with Crippen LogP contribution in [0.4, 0.5) is 0 Å². The molecule has 5 heteroatoms. The average Bonchev–Trinajstić information content (AvgIpc) is 2.32. The lowest BCUT2D eigenvalue weighted by atomic mass is 10.2. The van der Waals surface area contributed by atoms with Crippen LogP contribution in [0.2, 0.25) is 5.02 Å². The van der Waals surface area contributed by atoms with Crippen LogP contribution < -0.4 is 0 Å². The number of aromatic nitrogens is 2. The summed E-state index contributed by atoms with van der Waals surface area (Å²) < 4.78 is 0. The summed E-state index contributed by atoms with van der Waals surface area (Å²) >= 11 is 7.18. The van der Waals surface area contributed by atoms with Crippen molar-refractivity contribution in [3.63, 3.8) is 0 Å². The second kappa shape index (κ2) is 5.49. The molecule has 3 nitrogen and oxygen atoms in total. The Balaban J connectivity index is 2.26. The third kappa shape index (κ3) is 3.19. The predicted molar refractivity (Wildman–Crippen MR) is 68.2 cm³/mol. The summed E-state index contributed by atoms with van der Waals surface area (Å²) in [6.45, 7) is 1.72. The van der Waals surface area contributed by atoms with Crippen molar-refractivity contribution >= 4 is 23.4 Å². The molecule has 0 amide bonds. The second-order valence-corrected chi connectivity index (χ2v) is 4.94. The second-order valence-electron chi connectivity index (χ2n) is 3.49. The number of aliphatic hydroxyl groups excluding tert-OH is 1. The van der Waals surface area contributed by atoms with Crippen molar-refractivity contribution in [1.82, 2.24) is 9.97 Å². The lowest BCUT2D eigenvalue weighted by Gasteiger charge is -2.09. The zero-order chi connectivity index (χ0) is 12.3. The van der Waals surface area contributed by atoms with Gasteiger partial charge in [0.05, 0.1) is 11.1 Å². The minimum atomic E-state index is -0.543. The fraction of sp³-hybridized carbons (Fsp3) is 0.167. The van der Waals surface area contributed by atoms with Crippen LogP contribution in [-0.2, 0) is 0 Å². The van der Waals surface area contributed by atoms with Crippen LogP contribution >= 0.6 is 23.4 Å². The molecule has 0 spiro atoms. The highest BCUT2D eigenvalue weighted by atomic mass is 35.5. The van der Waals surface area contributed by atoms with Crippen LogP contribution in [0.1, 0.15) is 18.6 Å². The smallest absolute Gasteiger partial charge is 0.108 e. The van der Waals surface area contributed by atoms with E-state index in [0.717, 1.165) is 15.6 Å². The number of hydrogen-bond acceptors (Lipinski definition) is 4. The molecule has 0 aliphatic rings. The first-order valence-electron chi connectivity index (χ1n) is 5.09. The van der Waals surface area contributed by atoms with Gasteiger partial charge in [-0.2, -0.15) is 0 Å². The van der Waals surface area contributed by atoms with E-state index in [2.05, 4.69) is 9.97 Å². The van der Waals surface area contributed by atoms with E-state index in [4.69, 9.17) is 11.6 Å². The molecule has 0 saturated heterocycles. The van der Waals surface area contributed by atoms with Crippen molar-refractivity contribution in [3.05, 3.63) is 47.2 Å². The molecule has 0 radical (unpaired) electrons. The molecule has 2 rings (SSSR count). The molecule has 0 bridgehead atoms. The molecule has 2 aromatic heterocycles. The van der Waals surface area contributed by atoms with Crippen LogP contribution in [-0.4, -0.2) is 15.1 Å². The van der Waals surface area contributed by atoms with Gasteiger partial charge in [0.25, 0.3) is 0 Å². The van der Waals surface area contributed by atoms with Gasteiger partial charge in [-0.1, -0.05) is 17.7 Å². The molecule has 1 N–H and O–H groups in total. The van der Waals surface area contributed by atoms with E-state index in [9.17, 15) is 5.11 Å². The van der Waals surface area contributed by atoms with Crippen LogP contribution in [0.25, 0.3) is 0 Å². The molecule has 0 fully saturated rings. The van der Waals surface area contributed by atoms with Crippen molar-refractivity contribution in [1.29, 1.82) is 0 Å². The Labute approximate surface area is 109 Å². The molecule has 0 saturated carbocycles. The van der Waals surface area contributed by atoms with Gasteiger partial charge >= 0.3 is 0 Å². The largest absolute Gasteiger partial charge is 0.389 e. The summed E-state index contributed by atoms with van der Waals surface area (Å²) in [5.74, 6) is 0. The summed E-state index contributed by atoms with van der Waals surface area (Å²) in [4.78, 5) is 8.43. The van der Waals surface area contributed by atoms with Gasteiger partial charge in [0.15, 0.2) is 0 Å². The number of nitrogens with zero attached hydrogens (tertiary/aromatic N) is 2. The molecule has 0 aromatic carbocycles. The molecule has 0 aliphatic carbocycles. The highest BCUT2D eigenvalue weighted by molar-refractivity contribution is 7.99. The van der Waals surface area contributed by atoms with Crippen molar-refractivity contribution < 1.29 is 5.11 Å². The first-order valence-corrected chi connectivity index (χ1v) is 6.28. The first kappa shape index (κ1) is 12.4. The Morgan fingerprint density at radius 3 is 2.76 bits per heavy atom. The normalized spacial score (nSPS) is 12.4. The van der Waals surface area contributed by atoms with Crippen molar-refractivity contribution in [2.24, 2.45) is 0 Å². The van der Waals surface area contributed by atoms with Gasteiger partial charge in [-0.3, -0.25) is 0 Å². The van der Waals surface area contributed by atoms with Crippen molar-refractivity contribution in [2.75, 3.05) is 0 Å². The average molecular weight is 267 g/mol. The molecular weight excluding hydrogens is 256 g/mol. The van der Waals surface area contributed by atoms with Crippen LogP contribution in [0.3, 0.4) is 0 Å². The maximum absolute atomic E-state index is 9.63. The van der Waals surface area contributed by atoms with Crippen LogP contribution in [0.15, 0.2) is 46.7 Å². The molecule has 1 atom stereocenters.